The van der Waals surface area contributed by atoms with Gasteiger partial charge in [-0.15, -0.1) is 11.3 Å². The van der Waals surface area contributed by atoms with Crippen molar-refractivity contribution in [3.63, 3.8) is 0 Å². The lowest BCUT2D eigenvalue weighted by molar-refractivity contribution is -0.122. The first kappa shape index (κ1) is 21.6. The van der Waals surface area contributed by atoms with Crippen LogP contribution in [0, 0.1) is 6.92 Å². The molecule has 0 bridgehead atoms. The lowest BCUT2D eigenvalue weighted by Crippen LogP contribution is -2.40. The van der Waals surface area contributed by atoms with E-state index < -0.39 is 5.79 Å². The number of thiophene rings is 1. The second-order valence-electron chi connectivity index (χ2n) is 8.26. The van der Waals surface area contributed by atoms with E-state index in [0.717, 1.165) is 30.6 Å². The zero-order chi connectivity index (χ0) is 21.8. The predicted molar refractivity (Wildman–Crippen MR) is 119 cm³/mol. The standard InChI is InChI=1S/C24H27NO5S/c1-16-5-11-22(31-16)19(27)9-7-18(26)8-12-23(28)25-17-6-10-20-21(15-17)30-24(29-20)13-3-2-4-14-24/h5-6,10-11,15H,2-4,7-9,12-14H2,1H3,(H,25,28). The van der Waals surface area contributed by atoms with Crippen molar-refractivity contribution in [2.24, 2.45) is 0 Å². The molecule has 4 rings (SSSR count). The van der Waals surface area contributed by atoms with Crippen molar-refractivity contribution in [1.82, 2.24) is 0 Å². The van der Waals surface area contributed by atoms with Crippen LogP contribution >= 0.6 is 11.3 Å². The Morgan fingerprint density at radius 1 is 0.935 bits per heavy atom. The molecule has 1 aromatic carbocycles. The Kier molecular flexibility index (Phi) is 6.41. The molecule has 1 saturated carbocycles. The number of rotatable bonds is 8. The Morgan fingerprint density at radius 2 is 1.68 bits per heavy atom. The number of amides is 1. The van der Waals surface area contributed by atoms with Gasteiger partial charge in [0, 0.05) is 55.2 Å². The van der Waals surface area contributed by atoms with E-state index in [2.05, 4.69) is 5.32 Å². The molecule has 6 nitrogen and oxygen atoms in total. The van der Waals surface area contributed by atoms with Crippen LogP contribution in [-0.2, 0) is 9.59 Å². The fraction of sp³-hybridized carbons (Fsp3) is 0.458. The molecule has 0 unspecified atom stereocenters. The summed E-state index contributed by atoms with van der Waals surface area (Å²) in [6, 6.07) is 9.07. The van der Waals surface area contributed by atoms with Crippen LogP contribution in [0.15, 0.2) is 30.3 Å². The Bertz CT molecular complexity index is 990. The second kappa shape index (κ2) is 9.22. The third-order valence-corrected chi connectivity index (χ3v) is 6.75. The largest absolute Gasteiger partial charge is 0.448 e. The molecule has 164 valence electrons. The monoisotopic (exact) mass is 441 g/mol. The smallest absolute Gasteiger partial charge is 0.251 e. The molecular formula is C24H27NO5S. The number of ketones is 2. The molecule has 1 aliphatic carbocycles. The molecular weight excluding hydrogens is 414 g/mol. The number of Topliss-reactive ketones (excluding diaryl/α,β-unsaturated/α-hetero) is 2. The molecule has 0 radical (unpaired) electrons. The summed E-state index contributed by atoms with van der Waals surface area (Å²) in [7, 11) is 0. The van der Waals surface area contributed by atoms with Gasteiger partial charge in [-0.3, -0.25) is 14.4 Å². The number of nitrogens with one attached hydrogen (secondary N) is 1. The van der Waals surface area contributed by atoms with Crippen molar-refractivity contribution in [2.45, 2.75) is 70.5 Å². The minimum absolute atomic E-state index is 0.0213. The molecule has 1 amide bonds. The van der Waals surface area contributed by atoms with Crippen LogP contribution in [0.25, 0.3) is 0 Å². The maximum atomic E-state index is 12.3. The molecule has 31 heavy (non-hydrogen) atoms. The van der Waals surface area contributed by atoms with Crippen LogP contribution in [0.4, 0.5) is 5.69 Å². The van der Waals surface area contributed by atoms with Gasteiger partial charge in [0.1, 0.15) is 5.78 Å². The molecule has 1 aliphatic heterocycles. The molecule has 1 spiro atoms. The maximum Gasteiger partial charge on any atom is 0.251 e. The summed E-state index contributed by atoms with van der Waals surface area (Å²) in [4.78, 5) is 38.2. The first-order chi connectivity index (χ1) is 14.9. The summed E-state index contributed by atoms with van der Waals surface area (Å²) in [5.74, 6) is 0.474. The zero-order valence-electron chi connectivity index (χ0n) is 17.7. The van der Waals surface area contributed by atoms with Gasteiger partial charge in [-0.1, -0.05) is 6.42 Å². The van der Waals surface area contributed by atoms with Gasteiger partial charge in [0.05, 0.1) is 4.88 Å². The normalized spacial score (nSPS) is 16.3. The van der Waals surface area contributed by atoms with E-state index in [1.165, 1.54) is 17.8 Å². The molecule has 0 saturated heterocycles. The summed E-state index contributed by atoms with van der Waals surface area (Å²) in [6.07, 6.45) is 5.68. The lowest BCUT2D eigenvalue weighted by Gasteiger charge is -2.31. The number of hydrogen-bond acceptors (Lipinski definition) is 6. The molecule has 7 heteroatoms. The number of ether oxygens (including phenoxy) is 2. The quantitative estimate of drug-likeness (QED) is 0.552. The number of fused-ring (bicyclic) bond motifs is 1. The number of hydrogen-bond donors (Lipinski definition) is 1. The van der Waals surface area contributed by atoms with E-state index in [1.54, 1.807) is 18.2 Å². The van der Waals surface area contributed by atoms with Gasteiger partial charge >= 0.3 is 0 Å². The van der Waals surface area contributed by atoms with Crippen molar-refractivity contribution in [3.8, 4) is 11.5 Å². The van der Waals surface area contributed by atoms with Crippen molar-refractivity contribution in [1.29, 1.82) is 0 Å². The van der Waals surface area contributed by atoms with Gasteiger partial charge in [0.15, 0.2) is 17.3 Å². The molecule has 2 aromatic rings. The van der Waals surface area contributed by atoms with Gasteiger partial charge in [0.25, 0.3) is 5.79 Å². The highest BCUT2D eigenvalue weighted by atomic mass is 32.1. The number of benzene rings is 1. The molecule has 1 N–H and O–H groups in total. The summed E-state index contributed by atoms with van der Waals surface area (Å²) in [5.41, 5.74) is 0.621. The zero-order valence-corrected chi connectivity index (χ0v) is 18.5. The van der Waals surface area contributed by atoms with Gasteiger partial charge in [0.2, 0.25) is 5.91 Å². The second-order valence-corrected chi connectivity index (χ2v) is 9.55. The Labute approximate surface area is 185 Å². The Balaban J connectivity index is 1.22. The van der Waals surface area contributed by atoms with Crippen LogP contribution in [0.3, 0.4) is 0 Å². The van der Waals surface area contributed by atoms with E-state index in [0.29, 0.717) is 22.1 Å². The van der Waals surface area contributed by atoms with Crippen LogP contribution in [0.5, 0.6) is 11.5 Å². The molecule has 1 aromatic heterocycles. The van der Waals surface area contributed by atoms with Gasteiger partial charge in [-0.25, -0.2) is 0 Å². The predicted octanol–water partition coefficient (Wildman–Crippen LogP) is 5.44. The summed E-state index contributed by atoms with van der Waals surface area (Å²) >= 11 is 1.44. The number of anilines is 1. The number of carbonyl (C=O) groups is 3. The van der Waals surface area contributed by atoms with E-state index >= 15 is 0 Å². The van der Waals surface area contributed by atoms with Crippen LogP contribution in [0.2, 0.25) is 0 Å². The van der Waals surface area contributed by atoms with Crippen molar-refractivity contribution < 1.29 is 23.9 Å². The minimum Gasteiger partial charge on any atom is -0.448 e. The molecule has 0 atom stereocenters. The Morgan fingerprint density at radius 3 is 2.42 bits per heavy atom. The van der Waals surface area contributed by atoms with Gasteiger partial charge < -0.3 is 14.8 Å². The number of aryl methyl sites for hydroxylation is 1. The van der Waals surface area contributed by atoms with Gasteiger partial charge in [-0.2, -0.15) is 0 Å². The molecule has 2 heterocycles. The highest BCUT2D eigenvalue weighted by Crippen LogP contribution is 2.46. The van der Waals surface area contributed by atoms with E-state index in [-0.39, 0.29) is 43.2 Å². The van der Waals surface area contributed by atoms with Crippen molar-refractivity contribution >= 4 is 34.5 Å². The molecule has 2 aliphatic rings. The highest BCUT2D eigenvalue weighted by Gasteiger charge is 2.42. The SMILES string of the molecule is Cc1ccc(C(=O)CCC(=O)CCC(=O)Nc2ccc3c(c2)OC2(CCCCC2)O3)s1. The Hall–Kier alpha value is -2.67. The first-order valence-electron chi connectivity index (χ1n) is 10.9. The highest BCUT2D eigenvalue weighted by molar-refractivity contribution is 7.14. The van der Waals surface area contributed by atoms with Crippen molar-refractivity contribution in [3.05, 3.63) is 40.1 Å². The first-order valence-corrected chi connectivity index (χ1v) is 11.7. The minimum atomic E-state index is -0.547. The van der Waals surface area contributed by atoms with E-state index in [1.807, 2.05) is 19.1 Å². The average Bonchev–Trinajstić information content (AvgIpc) is 3.34. The lowest BCUT2D eigenvalue weighted by atomic mass is 9.94. The third kappa shape index (κ3) is 5.34. The van der Waals surface area contributed by atoms with Gasteiger partial charge in [-0.05, 0) is 44.0 Å². The van der Waals surface area contributed by atoms with Crippen LogP contribution < -0.4 is 14.8 Å². The van der Waals surface area contributed by atoms with Crippen molar-refractivity contribution in [2.75, 3.05) is 5.32 Å². The summed E-state index contributed by atoms with van der Waals surface area (Å²) in [5, 5.41) is 2.82. The summed E-state index contributed by atoms with van der Waals surface area (Å²) < 4.78 is 12.1. The van der Waals surface area contributed by atoms with Crippen LogP contribution in [-0.4, -0.2) is 23.3 Å². The fourth-order valence-electron chi connectivity index (χ4n) is 4.03. The van der Waals surface area contributed by atoms with Crippen LogP contribution in [0.1, 0.15) is 72.3 Å². The summed E-state index contributed by atoms with van der Waals surface area (Å²) in [6.45, 7) is 1.94. The number of carbonyl (C=O) groups excluding carboxylic acids is 3. The topological polar surface area (TPSA) is 81.7 Å². The fourth-order valence-corrected chi connectivity index (χ4v) is 4.86. The van der Waals surface area contributed by atoms with E-state index in [4.69, 9.17) is 9.47 Å². The third-order valence-electron chi connectivity index (χ3n) is 5.71. The molecule has 1 fully saturated rings. The maximum absolute atomic E-state index is 12.3. The average molecular weight is 442 g/mol. The van der Waals surface area contributed by atoms with E-state index in [9.17, 15) is 14.4 Å².